The molecule has 0 heterocycles. The van der Waals surface area contributed by atoms with Crippen LogP contribution in [-0.4, -0.2) is 5.78 Å². The van der Waals surface area contributed by atoms with Crippen molar-refractivity contribution in [2.24, 2.45) is 22.2 Å². The summed E-state index contributed by atoms with van der Waals surface area (Å²) in [7, 11) is 0. The monoisotopic (exact) mass is 328 g/mol. The molecule has 0 aliphatic heterocycles. The Morgan fingerprint density at radius 1 is 1.04 bits per heavy atom. The highest BCUT2D eigenvalue weighted by atomic mass is 16.1. The molecule has 24 heavy (non-hydrogen) atoms. The molecule has 0 amide bonds. The minimum atomic E-state index is 0.190. The second-order valence-corrected chi connectivity index (χ2v) is 9.75. The molecule has 1 fully saturated rings. The van der Waals surface area contributed by atoms with Gasteiger partial charge in [-0.1, -0.05) is 71.9 Å². The summed E-state index contributed by atoms with van der Waals surface area (Å²) in [5.74, 6) is 1.10. The summed E-state index contributed by atoms with van der Waals surface area (Å²) in [6.45, 7) is 14.3. The summed E-state index contributed by atoms with van der Waals surface area (Å²) in [5.41, 5.74) is 2.08. The van der Waals surface area contributed by atoms with E-state index in [0.717, 1.165) is 12.0 Å². The Bertz CT molecular complexity index is 539. The Kier molecular flexibility index (Phi) is 5.62. The van der Waals surface area contributed by atoms with Crippen molar-refractivity contribution in [3.8, 4) is 0 Å². The van der Waals surface area contributed by atoms with Crippen LogP contribution < -0.4 is 0 Å². The lowest BCUT2D eigenvalue weighted by Gasteiger charge is -2.54. The molecule has 0 aromatic heterocycles. The van der Waals surface area contributed by atoms with E-state index in [1.165, 1.54) is 25.7 Å². The smallest absolute Gasteiger partial charge is 0.137 e. The zero-order chi connectivity index (χ0) is 18.0. The van der Waals surface area contributed by atoms with Crippen LogP contribution in [0.25, 0.3) is 0 Å². The van der Waals surface area contributed by atoms with E-state index in [4.69, 9.17) is 0 Å². The Morgan fingerprint density at radius 3 is 2.04 bits per heavy atom. The maximum atomic E-state index is 12.6. The van der Waals surface area contributed by atoms with Crippen LogP contribution in [0.5, 0.6) is 0 Å². The van der Waals surface area contributed by atoms with Gasteiger partial charge in [-0.05, 0) is 53.4 Å². The number of Topliss-reactive ketones (excluding diaryl/α,β-unsaturated/α-hetero) is 1. The molecule has 2 rings (SSSR count). The van der Waals surface area contributed by atoms with Gasteiger partial charge in [0.25, 0.3) is 0 Å². The SMILES string of the molecule is CC(C)C1(C(C)(C)C)CCC(C)(CC(=O)Cc2ccccc2)CC1. The van der Waals surface area contributed by atoms with Gasteiger partial charge in [-0.3, -0.25) is 4.79 Å². The Balaban J connectivity index is 2.00. The first kappa shape index (κ1) is 19.2. The van der Waals surface area contributed by atoms with E-state index < -0.39 is 0 Å². The van der Waals surface area contributed by atoms with Crippen molar-refractivity contribution < 1.29 is 4.79 Å². The minimum Gasteiger partial charge on any atom is -0.299 e. The second-order valence-electron chi connectivity index (χ2n) is 9.75. The van der Waals surface area contributed by atoms with Crippen molar-refractivity contribution in [2.45, 2.75) is 80.1 Å². The van der Waals surface area contributed by atoms with E-state index in [1.807, 2.05) is 18.2 Å². The predicted octanol–water partition coefficient (Wildman–Crippen LogP) is 6.46. The zero-order valence-electron chi connectivity index (χ0n) is 16.6. The molecule has 0 N–H and O–H groups in total. The third-order valence-corrected chi connectivity index (χ3v) is 6.82. The molecule has 1 saturated carbocycles. The lowest BCUT2D eigenvalue weighted by Crippen LogP contribution is -2.45. The normalized spacial score (nSPS) is 28.1. The third-order valence-electron chi connectivity index (χ3n) is 6.82. The van der Waals surface area contributed by atoms with Gasteiger partial charge in [-0.25, -0.2) is 0 Å². The summed E-state index contributed by atoms with van der Waals surface area (Å²) >= 11 is 0. The Morgan fingerprint density at radius 2 is 1.58 bits per heavy atom. The molecule has 0 unspecified atom stereocenters. The number of carbonyl (C=O) groups excluding carboxylic acids is 1. The van der Waals surface area contributed by atoms with Crippen LogP contribution in [0, 0.1) is 22.2 Å². The van der Waals surface area contributed by atoms with Crippen molar-refractivity contribution in [3.05, 3.63) is 35.9 Å². The number of hydrogen-bond acceptors (Lipinski definition) is 1. The van der Waals surface area contributed by atoms with Crippen molar-refractivity contribution in [3.63, 3.8) is 0 Å². The minimum absolute atomic E-state index is 0.190. The highest BCUT2D eigenvalue weighted by molar-refractivity contribution is 5.81. The lowest BCUT2D eigenvalue weighted by atomic mass is 9.50. The number of hydrogen-bond donors (Lipinski definition) is 0. The molecule has 1 heteroatoms. The van der Waals surface area contributed by atoms with Crippen LogP contribution in [0.15, 0.2) is 30.3 Å². The fraction of sp³-hybridized carbons (Fsp3) is 0.696. The molecule has 134 valence electrons. The molecular formula is C23H36O. The first-order valence-corrected chi connectivity index (χ1v) is 9.64. The van der Waals surface area contributed by atoms with Gasteiger partial charge < -0.3 is 0 Å². The topological polar surface area (TPSA) is 17.1 Å². The van der Waals surface area contributed by atoms with Crippen molar-refractivity contribution in [1.29, 1.82) is 0 Å². The van der Waals surface area contributed by atoms with E-state index in [1.54, 1.807) is 0 Å². The van der Waals surface area contributed by atoms with Gasteiger partial charge in [0.1, 0.15) is 5.78 Å². The van der Waals surface area contributed by atoms with Crippen molar-refractivity contribution in [1.82, 2.24) is 0 Å². The fourth-order valence-electron chi connectivity index (χ4n) is 5.03. The number of rotatable bonds is 5. The van der Waals surface area contributed by atoms with Crippen molar-refractivity contribution >= 4 is 5.78 Å². The van der Waals surface area contributed by atoms with E-state index in [2.05, 4.69) is 53.7 Å². The molecule has 0 bridgehead atoms. The number of carbonyl (C=O) groups is 1. The second kappa shape index (κ2) is 7.02. The average Bonchev–Trinajstić information content (AvgIpc) is 2.47. The summed E-state index contributed by atoms with van der Waals surface area (Å²) < 4.78 is 0. The number of benzene rings is 1. The highest BCUT2D eigenvalue weighted by Gasteiger charge is 2.49. The molecular weight excluding hydrogens is 292 g/mol. The molecule has 1 aromatic rings. The Labute approximate surface area is 149 Å². The summed E-state index contributed by atoms with van der Waals surface area (Å²) in [5, 5.41) is 0. The molecule has 1 aliphatic carbocycles. The summed E-state index contributed by atoms with van der Waals surface area (Å²) in [6.07, 6.45) is 6.20. The van der Waals surface area contributed by atoms with Crippen LogP contribution in [0.3, 0.4) is 0 Å². The quantitative estimate of drug-likeness (QED) is 0.606. The molecule has 0 spiro atoms. The lowest BCUT2D eigenvalue weighted by molar-refractivity contribution is -0.122. The van der Waals surface area contributed by atoms with Crippen LogP contribution in [-0.2, 0) is 11.2 Å². The van der Waals surface area contributed by atoms with Gasteiger partial charge in [0, 0.05) is 12.8 Å². The van der Waals surface area contributed by atoms with Gasteiger partial charge in [0.2, 0.25) is 0 Å². The highest BCUT2D eigenvalue weighted by Crippen LogP contribution is 2.58. The van der Waals surface area contributed by atoms with Crippen LogP contribution in [0.1, 0.15) is 79.2 Å². The standard InChI is InChI=1S/C23H36O/c1-18(2)23(21(3,4)5)14-12-22(6,13-15-23)17-20(24)16-19-10-8-7-9-11-19/h7-11,18H,12-17H2,1-6H3. The van der Waals surface area contributed by atoms with Crippen LogP contribution >= 0.6 is 0 Å². The van der Waals surface area contributed by atoms with Crippen LogP contribution in [0.2, 0.25) is 0 Å². The maximum absolute atomic E-state index is 12.6. The van der Waals surface area contributed by atoms with E-state index >= 15 is 0 Å². The van der Waals surface area contributed by atoms with Gasteiger partial charge in [-0.15, -0.1) is 0 Å². The third kappa shape index (κ3) is 4.10. The zero-order valence-corrected chi connectivity index (χ0v) is 16.6. The van der Waals surface area contributed by atoms with Crippen molar-refractivity contribution in [2.75, 3.05) is 0 Å². The molecule has 0 saturated heterocycles. The summed E-state index contributed by atoms with van der Waals surface area (Å²) in [4.78, 5) is 12.6. The first-order chi connectivity index (χ1) is 11.1. The molecule has 1 aromatic carbocycles. The van der Waals surface area contributed by atoms with Gasteiger partial charge >= 0.3 is 0 Å². The maximum Gasteiger partial charge on any atom is 0.137 e. The van der Waals surface area contributed by atoms with Gasteiger partial charge in [-0.2, -0.15) is 0 Å². The number of ketones is 1. The molecule has 1 aliphatic rings. The van der Waals surface area contributed by atoms with Crippen LogP contribution in [0.4, 0.5) is 0 Å². The van der Waals surface area contributed by atoms with Gasteiger partial charge in [0.05, 0.1) is 0 Å². The largest absolute Gasteiger partial charge is 0.299 e. The average molecular weight is 329 g/mol. The molecule has 0 radical (unpaired) electrons. The predicted molar refractivity (Wildman–Crippen MR) is 103 cm³/mol. The fourth-order valence-corrected chi connectivity index (χ4v) is 5.03. The van der Waals surface area contributed by atoms with Gasteiger partial charge in [0.15, 0.2) is 0 Å². The molecule has 0 atom stereocenters. The first-order valence-electron chi connectivity index (χ1n) is 9.64. The Hall–Kier alpha value is -1.11. The summed E-state index contributed by atoms with van der Waals surface area (Å²) in [6, 6.07) is 10.2. The van der Waals surface area contributed by atoms with E-state index in [-0.39, 0.29) is 5.41 Å². The van der Waals surface area contributed by atoms with E-state index in [0.29, 0.717) is 29.0 Å². The van der Waals surface area contributed by atoms with E-state index in [9.17, 15) is 4.79 Å². The molecule has 1 nitrogen and oxygen atoms in total.